The summed E-state index contributed by atoms with van der Waals surface area (Å²) >= 11 is 13.9. The van der Waals surface area contributed by atoms with E-state index in [9.17, 15) is 5.26 Å². The van der Waals surface area contributed by atoms with Gasteiger partial charge in [0.05, 0.1) is 62.9 Å². The fourth-order valence-corrected chi connectivity index (χ4v) is 4.17. The molecule has 0 saturated carbocycles. The summed E-state index contributed by atoms with van der Waals surface area (Å²) in [5, 5.41) is 21.7. The third kappa shape index (κ3) is 3.89. The smallest absolute Gasteiger partial charge is 0.139 e. The number of hydrogen-bond donors (Lipinski definition) is 1. The van der Waals surface area contributed by atoms with Crippen molar-refractivity contribution in [3.8, 4) is 11.8 Å². The molecule has 144 valence electrons. The number of rotatable bonds is 5. The molecule has 1 aromatic carbocycles. The molecule has 4 aromatic rings. The van der Waals surface area contributed by atoms with Gasteiger partial charge in [0.1, 0.15) is 11.8 Å². The number of fused-ring (bicyclic) bond motifs is 1. The fraction of sp³-hybridized carbons (Fsp3) is 0.0526. The number of aromatic nitrogens is 4. The Morgan fingerprint density at radius 1 is 1.21 bits per heavy atom. The normalized spacial score (nSPS) is 11.1. The average Bonchev–Trinajstić information content (AvgIpc) is 3.37. The zero-order valence-corrected chi connectivity index (χ0v) is 17.3. The van der Waals surface area contributed by atoms with Crippen molar-refractivity contribution in [1.29, 1.82) is 5.26 Å². The molecule has 29 heavy (non-hydrogen) atoms. The molecule has 0 aliphatic rings. The second-order valence-electron chi connectivity index (χ2n) is 5.78. The van der Waals surface area contributed by atoms with Gasteiger partial charge in [0.15, 0.2) is 0 Å². The summed E-state index contributed by atoms with van der Waals surface area (Å²) in [5.41, 5.74) is 2.34. The molecule has 0 atom stereocenters. The van der Waals surface area contributed by atoms with E-state index in [-0.39, 0.29) is 0 Å². The molecule has 0 aliphatic heterocycles. The van der Waals surface area contributed by atoms with Gasteiger partial charge in [-0.1, -0.05) is 23.2 Å². The SMILES string of the molecule is COc1cc(Nc2c(C#N)cnc3cc(C=Cn4nccn4)sc23)c(Cl)cc1Cl. The molecule has 0 fully saturated rings. The minimum absolute atomic E-state index is 0.397. The third-order valence-electron chi connectivity index (χ3n) is 3.99. The highest BCUT2D eigenvalue weighted by molar-refractivity contribution is 7.20. The van der Waals surface area contributed by atoms with Crippen molar-refractivity contribution in [1.82, 2.24) is 20.0 Å². The Kier molecular flexibility index (Phi) is 5.36. The monoisotopic (exact) mass is 442 g/mol. The number of nitrogens with one attached hydrogen (secondary N) is 1. The van der Waals surface area contributed by atoms with Crippen molar-refractivity contribution in [2.75, 3.05) is 12.4 Å². The minimum Gasteiger partial charge on any atom is -0.495 e. The number of thiophene rings is 1. The number of anilines is 2. The van der Waals surface area contributed by atoms with Crippen LogP contribution in [0.2, 0.25) is 10.0 Å². The molecule has 0 aliphatic carbocycles. The number of nitriles is 1. The van der Waals surface area contributed by atoms with E-state index in [1.165, 1.54) is 29.4 Å². The number of methoxy groups -OCH3 is 1. The van der Waals surface area contributed by atoms with Gasteiger partial charge in [0.25, 0.3) is 0 Å². The van der Waals surface area contributed by atoms with Crippen molar-refractivity contribution in [3.63, 3.8) is 0 Å². The summed E-state index contributed by atoms with van der Waals surface area (Å²) in [6.45, 7) is 0. The summed E-state index contributed by atoms with van der Waals surface area (Å²) in [4.78, 5) is 6.78. The molecule has 3 aromatic heterocycles. The standard InChI is InChI=1S/C19H12Cl2N6OS/c1-28-17-8-15(13(20)7-14(17)21)26-18-11(9-22)10-23-16-6-12(29-19(16)18)2-5-27-24-3-4-25-27/h2-8,10H,1H3,(H,23,26). The van der Waals surface area contributed by atoms with Crippen LogP contribution in [0.3, 0.4) is 0 Å². The molecule has 0 spiro atoms. The zero-order chi connectivity index (χ0) is 20.4. The zero-order valence-electron chi connectivity index (χ0n) is 14.9. The van der Waals surface area contributed by atoms with Crippen molar-refractivity contribution in [3.05, 3.63) is 57.3 Å². The lowest BCUT2D eigenvalue weighted by Crippen LogP contribution is -1.97. The van der Waals surface area contributed by atoms with Crippen LogP contribution in [-0.2, 0) is 0 Å². The summed E-state index contributed by atoms with van der Waals surface area (Å²) in [5.74, 6) is 0.476. The van der Waals surface area contributed by atoms with Gasteiger partial charge in [-0.15, -0.1) is 11.3 Å². The number of halogens is 2. The second kappa shape index (κ2) is 8.09. The first-order valence-electron chi connectivity index (χ1n) is 8.25. The van der Waals surface area contributed by atoms with E-state index in [2.05, 4.69) is 26.6 Å². The molecule has 0 amide bonds. The van der Waals surface area contributed by atoms with Crippen molar-refractivity contribution in [2.45, 2.75) is 0 Å². The highest BCUT2D eigenvalue weighted by Gasteiger charge is 2.15. The maximum atomic E-state index is 9.57. The van der Waals surface area contributed by atoms with E-state index >= 15 is 0 Å². The minimum atomic E-state index is 0.397. The summed E-state index contributed by atoms with van der Waals surface area (Å²) in [6, 6.07) is 7.38. The van der Waals surface area contributed by atoms with Gasteiger partial charge < -0.3 is 10.1 Å². The molecule has 7 nitrogen and oxygen atoms in total. The Hall–Kier alpha value is -3.12. The van der Waals surface area contributed by atoms with Crippen LogP contribution >= 0.6 is 34.5 Å². The predicted octanol–water partition coefficient (Wildman–Crippen LogP) is 5.45. The van der Waals surface area contributed by atoms with Gasteiger partial charge in [-0.2, -0.15) is 20.3 Å². The van der Waals surface area contributed by atoms with Crippen LogP contribution in [0.5, 0.6) is 5.75 Å². The lowest BCUT2D eigenvalue weighted by atomic mass is 10.2. The maximum Gasteiger partial charge on any atom is 0.139 e. The summed E-state index contributed by atoms with van der Waals surface area (Å²) < 4.78 is 6.09. The molecule has 0 radical (unpaired) electrons. The first kappa shape index (κ1) is 19.2. The van der Waals surface area contributed by atoms with E-state index < -0.39 is 0 Å². The highest BCUT2D eigenvalue weighted by atomic mass is 35.5. The number of pyridine rings is 1. The first-order chi connectivity index (χ1) is 14.1. The quantitative estimate of drug-likeness (QED) is 0.442. The largest absolute Gasteiger partial charge is 0.495 e. The van der Waals surface area contributed by atoms with Crippen molar-refractivity contribution >= 4 is 68.4 Å². The lowest BCUT2D eigenvalue weighted by molar-refractivity contribution is 0.415. The Labute approximate surface area is 179 Å². The van der Waals surface area contributed by atoms with Gasteiger partial charge in [-0.25, -0.2) is 0 Å². The van der Waals surface area contributed by atoms with Crippen LogP contribution in [0.25, 0.3) is 22.5 Å². The van der Waals surface area contributed by atoms with E-state index in [4.69, 9.17) is 27.9 Å². The highest BCUT2D eigenvalue weighted by Crippen LogP contribution is 2.39. The molecule has 10 heteroatoms. The summed E-state index contributed by atoms with van der Waals surface area (Å²) in [6.07, 6.45) is 8.34. The van der Waals surface area contributed by atoms with E-state index in [0.717, 1.165) is 15.1 Å². The predicted molar refractivity (Wildman–Crippen MR) is 116 cm³/mol. The Balaban J connectivity index is 1.78. The molecule has 1 N–H and O–H groups in total. The maximum absolute atomic E-state index is 9.57. The van der Waals surface area contributed by atoms with Gasteiger partial charge in [-0.3, -0.25) is 4.98 Å². The fourth-order valence-electron chi connectivity index (χ4n) is 2.65. The van der Waals surface area contributed by atoms with Gasteiger partial charge >= 0.3 is 0 Å². The Morgan fingerprint density at radius 2 is 2.00 bits per heavy atom. The van der Waals surface area contributed by atoms with E-state index in [1.54, 1.807) is 30.7 Å². The van der Waals surface area contributed by atoms with Crippen molar-refractivity contribution in [2.24, 2.45) is 0 Å². The molecule has 0 unspecified atom stereocenters. The molecule has 0 bridgehead atoms. The Morgan fingerprint density at radius 3 is 2.72 bits per heavy atom. The number of hydrogen-bond acceptors (Lipinski definition) is 7. The molecule has 3 heterocycles. The lowest BCUT2D eigenvalue weighted by Gasteiger charge is -2.13. The molecule has 4 rings (SSSR count). The van der Waals surface area contributed by atoms with Crippen LogP contribution in [0, 0.1) is 11.3 Å². The summed E-state index contributed by atoms with van der Waals surface area (Å²) in [7, 11) is 1.52. The molecular weight excluding hydrogens is 431 g/mol. The van der Waals surface area contributed by atoms with E-state index in [0.29, 0.717) is 32.7 Å². The van der Waals surface area contributed by atoms with Crippen LogP contribution in [0.4, 0.5) is 11.4 Å². The Bertz CT molecular complexity index is 1260. The number of nitrogens with zero attached hydrogens (tertiary/aromatic N) is 5. The average molecular weight is 443 g/mol. The number of ether oxygens (including phenoxy) is 1. The number of benzene rings is 1. The van der Waals surface area contributed by atoms with Gasteiger partial charge in [-0.05, 0) is 18.2 Å². The second-order valence-corrected chi connectivity index (χ2v) is 7.68. The topological polar surface area (TPSA) is 88.6 Å². The van der Waals surface area contributed by atoms with E-state index in [1.807, 2.05) is 12.1 Å². The third-order valence-corrected chi connectivity index (χ3v) is 5.71. The van der Waals surface area contributed by atoms with Gasteiger partial charge in [0, 0.05) is 17.1 Å². The van der Waals surface area contributed by atoms with Crippen LogP contribution in [0.15, 0.2) is 36.8 Å². The van der Waals surface area contributed by atoms with Crippen LogP contribution in [-0.4, -0.2) is 27.1 Å². The van der Waals surface area contributed by atoms with Crippen molar-refractivity contribution < 1.29 is 4.74 Å². The molecule has 0 saturated heterocycles. The molecular formula is C19H12Cl2N6OS. The van der Waals surface area contributed by atoms with Gasteiger partial charge in [0.2, 0.25) is 0 Å². The van der Waals surface area contributed by atoms with Crippen LogP contribution in [0.1, 0.15) is 10.4 Å². The van der Waals surface area contributed by atoms with Crippen LogP contribution < -0.4 is 10.1 Å². The first-order valence-corrected chi connectivity index (χ1v) is 9.83.